The predicted molar refractivity (Wildman–Crippen MR) is 81.5 cm³/mol. The van der Waals surface area contributed by atoms with Crippen LogP contribution in [0.15, 0.2) is 34.1 Å². The van der Waals surface area contributed by atoms with Crippen LogP contribution in [0.5, 0.6) is 5.88 Å². The second-order valence-corrected chi connectivity index (χ2v) is 4.89. The molecule has 0 atom stereocenters. The fourth-order valence-electron chi connectivity index (χ4n) is 1.89. The molecule has 1 heterocycles. The minimum atomic E-state index is -0.535. The van der Waals surface area contributed by atoms with Crippen molar-refractivity contribution in [3.8, 4) is 11.9 Å². The number of nitrogens with zero attached hydrogens (tertiary/aromatic N) is 3. The smallest absolute Gasteiger partial charge is 0.271 e. The van der Waals surface area contributed by atoms with Crippen LogP contribution in [0.25, 0.3) is 0 Å². The topological polar surface area (TPSA) is 78.4 Å². The number of aliphatic imine (C=N–C) groups is 1. The number of hydrogen-bond donors (Lipinski definition) is 1. The summed E-state index contributed by atoms with van der Waals surface area (Å²) < 4.78 is 1.02. The second kappa shape index (κ2) is 5.81. The van der Waals surface area contributed by atoms with E-state index in [1.54, 1.807) is 31.2 Å². The molecule has 2 aromatic rings. The first-order valence-corrected chi connectivity index (χ1v) is 6.45. The zero-order valence-electron chi connectivity index (χ0n) is 11.5. The van der Waals surface area contributed by atoms with E-state index >= 15 is 0 Å². The highest BCUT2D eigenvalue weighted by molar-refractivity contribution is 6.30. The molecule has 1 N–H and O–H groups in total. The number of aromatic nitrogens is 1. The quantitative estimate of drug-likeness (QED) is 0.866. The Bertz CT molecular complexity index is 832. The molecule has 2 rings (SSSR count). The summed E-state index contributed by atoms with van der Waals surface area (Å²) in [6.45, 7) is 1.60. The number of hydrogen-bond acceptors (Lipinski definition) is 4. The highest BCUT2D eigenvalue weighted by atomic mass is 35.5. The van der Waals surface area contributed by atoms with Crippen LogP contribution in [0.1, 0.15) is 16.7 Å². The highest BCUT2D eigenvalue weighted by Crippen LogP contribution is 2.21. The summed E-state index contributed by atoms with van der Waals surface area (Å²) in [6.07, 6.45) is 1.41. The first-order chi connectivity index (χ1) is 9.95. The van der Waals surface area contributed by atoms with Crippen molar-refractivity contribution in [1.29, 1.82) is 5.26 Å². The Morgan fingerprint density at radius 2 is 2.19 bits per heavy atom. The third kappa shape index (κ3) is 2.81. The van der Waals surface area contributed by atoms with Crippen molar-refractivity contribution >= 4 is 23.5 Å². The third-order valence-corrected chi connectivity index (χ3v) is 3.35. The molecule has 1 aromatic heterocycles. The monoisotopic (exact) mass is 301 g/mol. The van der Waals surface area contributed by atoms with E-state index in [9.17, 15) is 9.90 Å². The number of benzene rings is 1. The molecule has 0 saturated carbocycles. The van der Waals surface area contributed by atoms with Crippen LogP contribution in [0.2, 0.25) is 5.02 Å². The lowest BCUT2D eigenvalue weighted by atomic mass is 10.1. The number of halogens is 1. The standard InChI is InChI=1S/C15H12ClN3O2/c1-9-12(7-17)14(20)19(2)15(21)13(9)8-18-11-5-3-4-10(16)6-11/h3-6,8,21H,1-2H3. The summed E-state index contributed by atoms with van der Waals surface area (Å²) in [7, 11) is 1.40. The zero-order valence-corrected chi connectivity index (χ0v) is 12.2. The highest BCUT2D eigenvalue weighted by Gasteiger charge is 2.15. The van der Waals surface area contributed by atoms with E-state index < -0.39 is 5.56 Å². The van der Waals surface area contributed by atoms with Gasteiger partial charge in [-0.25, -0.2) is 0 Å². The molecule has 0 aliphatic rings. The molecule has 0 amide bonds. The van der Waals surface area contributed by atoms with E-state index in [4.69, 9.17) is 16.9 Å². The van der Waals surface area contributed by atoms with Crippen molar-refractivity contribution in [2.24, 2.45) is 12.0 Å². The summed E-state index contributed by atoms with van der Waals surface area (Å²) in [4.78, 5) is 16.0. The Labute approximate surface area is 126 Å². The van der Waals surface area contributed by atoms with Gasteiger partial charge in [-0.3, -0.25) is 14.4 Å². The molecule has 1 aromatic carbocycles. The number of pyridine rings is 1. The summed E-state index contributed by atoms with van der Waals surface area (Å²) in [5.74, 6) is -0.234. The summed E-state index contributed by atoms with van der Waals surface area (Å²) in [5.41, 5.74) is 0.779. The van der Waals surface area contributed by atoms with E-state index in [2.05, 4.69) is 4.99 Å². The molecule has 0 fully saturated rings. The SMILES string of the molecule is Cc1c(C=Nc2cccc(Cl)c2)c(O)n(C)c(=O)c1C#N. The van der Waals surface area contributed by atoms with Gasteiger partial charge in [-0.1, -0.05) is 17.7 Å². The van der Waals surface area contributed by atoms with Crippen LogP contribution in [0, 0.1) is 18.3 Å². The van der Waals surface area contributed by atoms with Gasteiger partial charge in [-0.15, -0.1) is 0 Å². The summed E-state index contributed by atoms with van der Waals surface area (Å²) in [5, 5.41) is 19.6. The molecular formula is C15H12ClN3O2. The first kappa shape index (κ1) is 14.8. The van der Waals surface area contributed by atoms with Crippen molar-refractivity contribution in [3.05, 3.63) is 56.3 Å². The fourth-order valence-corrected chi connectivity index (χ4v) is 2.07. The predicted octanol–water partition coefficient (Wildman–Crippen LogP) is 2.68. The van der Waals surface area contributed by atoms with Gasteiger partial charge in [0.05, 0.1) is 11.3 Å². The molecule has 0 saturated heterocycles. The van der Waals surface area contributed by atoms with Gasteiger partial charge < -0.3 is 5.11 Å². The number of aromatic hydroxyl groups is 1. The van der Waals surface area contributed by atoms with Crippen LogP contribution in [0.4, 0.5) is 5.69 Å². The fraction of sp³-hybridized carbons (Fsp3) is 0.133. The van der Waals surface area contributed by atoms with Gasteiger partial charge in [0.25, 0.3) is 5.56 Å². The van der Waals surface area contributed by atoms with Crippen LogP contribution in [-0.4, -0.2) is 15.9 Å². The minimum Gasteiger partial charge on any atom is -0.494 e. The molecule has 106 valence electrons. The van der Waals surface area contributed by atoms with Gasteiger partial charge in [0.15, 0.2) is 0 Å². The molecule has 0 aliphatic heterocycles. The number of rotatable bonds is 2. The minimum absolute atomic E-state index is 0.0113. The average molecular weight is 302 g/mol. The van der Waals surface area contributed by atoms with Gasteiger partial charge in [-0.05, 0) is 30.7 Å². The van der Waals surface area contributed by atoms with Crippen molar-refractivity contribution in [2.45, 2.75) is 6.92 Å². The Morgan fingerprint density at radius 1 is 1.48 bits per heavy atom. The van der Waals surface area contributed by atoms with Gasteiger partial charge >= 0.3 is 0 Å². The molecule has 0 radical (unpaired) electrons. The van der Waals surface area contributed by atoms with E-state index in [1.165, 1.54) is 13.3 Å². The lowest BCUT2D eigenvalue weighted by molar-refractivity contribution is 0.421. The number of nitriles is 1. The molecule has 0 spiro atoms. The van der Waals surface area contributed by atoms with Crippen molar-refractivity contribution in [1.82, 2.24) is 4.57 Å². The van der Waals surface area contributed by atoms with Crippen molar-refractivity contribution in [3.63, 3.8) is 0 Å². The van der Waals surface area contributed by atoms with Gasteiger partial charge in [0, 0.05) is 18.3 Å². The molecule has 0 unspecified atom stereocenters. The maximum atomic E-state index is 11.8. The first-order valence-electron chi connectivity index (χ1n) is 6.08. The van der Waals surface area contributed by atoms with E-state index in [-0.39, 0.29) is 11.4 Å². The molecule has 5 nitrogen and oxygen atoms in total. The lowest BCUT2D eigenvalue weighted by Gasteiger charge is -2.09. The normalized spacial score (nSPS) is 10.8. The van der Waals surface area contributed by atoms with Crippen LogP contribution in [-0.2, 0) is 7.05 Å². The van der Waals surface area contributed by atoms with E-state index in [0.717, 1.165) is 4.57 Å². The Morgan fingerprint density at radius 3 is 2.81 bits per heavy atom. The lowest BCUT2D eigenvalue weighted by Crippen LogP contribution is -2.22. The zero-order chi connectivity index (χ0) is 15.6. The molecule has 6 heteroatoms. The summed E-state index contributed by atoms with van der Waals surface area (Å²) in [6, 6.07) is 8.75. The largest absolute Gasteiger partial charge is 0.494 e. The molecule has 0 aliphatic carbocycles. The maximum absolute atomic E-state index is 11.8. The Balaban J connectivity index is 2.58. The third-order valence-electron chi connectivity index (χ3n) is 3.12. The van der Waals surface area contributed by atoms with Crippen molar-refractivity contribution in [2.75, 3.05) is 0 Å². The van der Waals surface area contributed by atoms with Gasteiger partial charge in [-0.2, -0.15) is 5.26 Å². The molecular weight excluding hydrogens is 290 g/mol. The molecule has 21 heavy (non-hydrogen) atoms. The average Bonchev–Trinajstić information content (AvgIpc) is 2.46. The molecule has 0 bridgehead atoms. The Kier molecular flexibility index (Phi) is 4.10. The Hall–Kier alpha value is -2.58. The van der Waals surface area contributed by atoms with Crippen LogP contribution < -0.4 is 5.56 Å². The van der Waals surface area contributed by atoms with Gasteiger partial charge in [0.1, 0.15) is 11.6 Å². The van der Waals surface area contributed by atoms with Gasteiger partial charge in [0.2, 0.25) is 5.88 Å². The van der Waals surface area contributed by atoms with Crippen LogP contribution >= 0.6 is 11.6 Å². The van der Waals surface area contributed by atoms with Crippen LogP contribution in [0.3, 0.4) is 0 Å². The van der Waals surface area contributed by atoms with E-state index in [1.807, 2.05) is 6.07 Å². The van der Waals surface area contributed by atoms with Crippen molar-refractivity contribution < 1.29 is 5.11 Å². The van der Waals surface area contributed by atoms with E-state index in [0.29, 0.717) is 21.8 Å². The summed E-state index contributed by atoms with van der Waals surface area (Å²) >= 11 is 5.87. The second-order valence-electron chi connectivity index (χ2n) is 4.45. The maximum Gasteiger partial charge on any atom is 0.271 e.